The van der Waals surface area contributed by atoms with Gasteiger partial charge in [-0.1, -0.05) is 0 Å². The van der Waals surface area contributed by atoms with E-state index in [0.717, 1.165) is 0 Å². The molecule has 0 aliphatic heterocycles. The van der Waals surface area contributed by atoms with Crippen LogP contribution in [0.3, 0.4) is 0 Å². The smallest absolute Gasteiger partial charge is 0.315 e. The topological polar surface area (TPSA) is 142 Å². The predicted octanol–water partition coefficient (Wildman–Crippen LogP) is -1.22. The molecule has 6 N–H and O–H groups in total. The van der Waals surface area contributed by atoms with E-state index in [4.69, 9.17) is 10.8 Å². The molecular formula is C10H19N3O5. The van der Waals surface area contributed by atoms with Gasteiger partial charge in [-0.25, -0.2) is 4.79 Å². The molecule has 0 aliphatic carbocycles. The number of nitrogens with two attached hydrogens (primary N) is 1. The maximum atomic E-state index is 11.3. The Hall–Kier alpha value is -1.83. The summed E-state index contributed by atoms with van der Waals surface area (Å²) in [6.45, 7) is 2.68. The van der Waals surface area contributed by atoms with Crippen LogP contribution in [0.5, 0.6) is 0 Å². The number of hydrogen-bond acceptors (Lipinski definition) is 4. The fourth-order valence-electron chi connectivity index (χ4n) is 1.29. The van der Waals surface area contributed by atoms with Crippen LogP contribution in [0.15, 0.2) is 0 Å². The van der Waals surface area contributed by atoms with Crippen LogP contribution in [0.25, 0.3) is 0 Å². The Morgan fingerprint density at radius 1 is 1.39 bits per heavy atom. The fraction of sp³-hybridized carbons (Fsp3) is 0.700. The van der Waals surface area contributed by atoms with Crippen molar-refractivity contribution < 1.29 is 24.6 Å². The Balaban J connectivity index is 4.03. The molecule has 0 radical (unpaired) electrons. The Morgan fingerprint density at radius 3 is 2.39 bits per heavy atom. The van der Waals surface area contributed by atoms with Crippen LogP contribution in [0.4, 0.5) is 4.79 Å². The van der Waals surface area contributed by atoms with Crippen LogP contribution < -0.4 is 16.4 Å². The van der Waals surface area contributed by atoms with Crippen molar-refractivity contribution in [1.29, 1.82) is 0 Å². The van der Waals surface area contributed by atoms with Gasteiger partial charge < -0.3 is 26.6 Å². The van der Waals surface area contributed by atoms with Crippen LogP contribution >= 0.6 is 0 Å². The lowest BCUT2D eigenvalue weighted by Gasteiger charge is -2.22. The number of primary amides is 1. The van der Waals surface area contributed by atoms with E-state index in [1.54, 1.807) is 6.92 Å². The standard InChI is InChI=1S/C10H19N3O5/c1-6(3-7(11)14)13-9(17)12-5-10(2,18)4-8(15)16/h6,18H,3-5H2,1-2H3,(H2,11,14)(H,15,16)(H2,12,13,17). The zero-order valence-corrected chi connectivity index (χ0v) is 10.4. The first-order valence-corrected chi connectivity index (χ1v) is 5.39. The van der Waals surface area contributed by atoms with Gasteiger partial charge in [0.2, 0.25) is 5.91 Å². The molecule has 0 bridgehead atoms. The molecule has 0 saturated heterocycles. The number of rotatable bonds is 7. The molecule has 104 valence electrons. The highest BCUT2D eigenvalue weighted by Gasteiger charge is 2.25. The van der Waals surface area contributed by atoms with Gasteiger partial charge >= 0.3 is 12.0 Å². The van der Waals surface area contributed by atoms with Crippen molar-refractivity contribution in [3.8, 4) is 0 Å². The average molecular weight is 261 g/mol. The lowest BCUT2D eigenvalue weighted by molar-refractivity contribution is -0.141. The van der Waals surface area contributed by atoms with Gasteiger partial charge in [0.15, 0.2) is 0 Å². The summed E-state index contributed by atoms with van der Waals surface area (Å²) in [7, 11) is 0. The van der Waals surface area contributed by atoms with Crippen molar-refractivity contribution in [2.45, 2.75) is 38.3 Å². The van der Waals surface area contributed by atoms with Crippen molar-refractivity contribution in [3.05, 3.63) is 0 Å². The quantitative estimate of drug-likeness (QED) is 0.390. The summed E-state index contributed by atoms with van der Waals surface area (Å²) in [5, 5.41) is 22.9. The predicted molar refractivity (Wildman–Crippen MR) is 62.7 cm³/mol. The molecule has 2 atom stereocenters. The van der Waals surface area contributed by atoms with Gasteiger partial charge in [-0.15, -0.1) is 0 Å². The van der Waals surface area contributed by atoms with E-state index < -0.39 is 36.0 Å². The van der Waals surface area contributed by atoms with Gasteiger partial charge in [0.05, 0.1) is 12.0 Å². The number of carboxylic acid groups (broad SMARTS) is 1. The minimum Gasteiger partial charge on any atom is -0.481 e. The minimum atomic E-state index is -1.53. The average Bonchev–Trinajstić information content (AvgIpc) is 2.11. The van der Waals surface area contributed by atoms with Gasteiger partial charge in [-0.2, -0.15) is 0 Å². The number of amides is 3. The maximum absolute atomic E-state index is 11.3. The number of aliphatic carboxylic acids is 1. The molecule has 8 nitrogen and oxygen atoms in total. The number of carbonyl (C=O) groups excluding carboxylic acids is 2. The van der Waals surface area contributed by atoms with Gasteiger partial charge in [0.25, 0.3) is 0 Å². The fourth-order valence-corrected chi connectivity index (χ4v) is 1.29. The van der Waals surface area contributed by atoms with Crippen LogP contribution in [-0.2, 0) is 9.59 Å². The molecule has 0 aromatic heterocycles. The van der Waals surface area contributed by atoms with E-state index in [-0.39, 0.29) is 13.0 Å². The number of aliphatic hydroxyl groups is 1. The van der Waals surface area contributed by atoms with E-state index in [2.05, 4.69) is 10.6 Å². The number of urea groups is 1. The number of carboxylic acids is 1. The van der Waals surface area contributed by atoms with Gasteiger partial charge in [0.1, 0.15) is 0 Å². The van der Waals surface area contributed by atoms with Gasteiger partial charge in [-0.3, -0.25) is 9.59 Å². The van der Waals surface area contributed by atoms with Crippen molar-refractivity contribution in [2.75, 3.05) is 6.54 Å². The lowest BCUT2D eigenvalue weighted by Crippen LogP contribution is -2.48. The van der Waals surface area contributed by atoms with Gasteiger partial charge in [0, 0.05) is 19.0 Å². The Bertz CT molecular complexity index is 329. The highest BCUT2D eigenvalue weighted by molar-refractivity contribution is 5.77. The minimum absolute atomic E-state index is 0.00105. The molecule has 0 fully saturated rings. The lowest BCUT2D eigenvalue weighted by atomic mass is 10.0. The highest BCUT2D eigenvalue weighted by Crippen LogP contribution is 2.07. The first-order valence-electron chi connectivity index (χ1n) is 5.39. The summed E-state index contributed by atoms with van der Waals surface area (Å²) in [4.78, 5) is 32.3. The molecule has 0 rings (SSSR count). The molecule has 0 aromatic rings. The normalized spacial score (nSPS) is 15.3. The van der Waals surface area contributed by atoms with Crippen molar-refractivity contribution in [1.82, 2.24) is 10.6 Å². The summed E-state index contributed by atoms with van der Waals surface area (Å²) >= 11 is 0. The Morgan fingerprint density at radius 2 is 1.94 bits per heavy atom. The third kappa shape index (κ3) is 8.34. The maximum Gasteiger partial charge on any atom is 0.315 e. The molecule has 0 saturated carbocycles. The molecule has 3 amide bonds. The van der Waals surface area contributed by atoms with E-state index >= 15 is 0 Å². The highest BCUT2D eigenvalue weighted by atomic mass is 16.4. The number of hydrogen-bond donors (Lipinski definition) is 5. The molecule has 18 heavy (non-hydrogen) atoms. The molecule has 8 heteroatoms. The van der Waals surface area contributed by atoms with Crippen molar-refractivity contribution in [3.63, 3.8) is 0 Å². The summed E-state index contributed by atoms with van der Waals surface area (Å²) in [5.41, 5.74) is 3.42. The van der Waals surface area contributed by atoms with Crippen LogP contribution in [0.2, 0.25) is 0 Å². The summed E-state index contributed by atoms with van der Waals surface area (Å²) < 4.78 is 0. The van der Waals surface area contributed by atoms with Crippen molar-refractivity contribution in [2.24, 2.45) is 5.73 Å². The third-order valence-corrected chi connectivity index (χ3v) is 2.05. The second-order valence-electron chi connectivity index (χ2n) is 4.47. The molecule has 0 heterocycles. The number of nitrogens with one attached hydrogen (secondary N) is 2. The van der Waals surface area contributed by atoms with Crippen LogP contribution in [0, 0.1) is 0 Å². The second kappa shape index (κ2) is 6.80. The second-order valence-corrected chi connectivity index (χ2v) is 4.47. The summed E-state index contributed by atoms with van der Waals surface area (Å²) in [6.07, 6.45) is -0.483. The van der Waals surface area contributed by atoms with E-state index in [1.165, 1.54) is 6.92 Å². The third-order valence-electron chi connectivity index (χ3n) is 2.05. The first kappa shape index (κ1) is 16.2. The first-order chi connectivity index (χ1) is 8.12. The molecule has 0 spiro atoms. The van der Waals surface area contributed by atoms with E-state index in [1.807, 2.05) is 0 Å². The summed E-state index contributed by atoms with van der Waals surface area (Å²) in [5.74, 6) is -1.70. The number of carbonyl (C=O) groups is 3. The Labute approximate surface area is 105 Å². The largest absolute Gasteiger partial charge is 0.481 e. The van der Waals surface area contributed by atoms with Gasteiger partial charge in [-0.05, 0) is 13.8 Å². The Kier molecular flexibility index (Phi) is 6.11. The molecule has 0 aliphatic rings. The van der Waals surface area contributed by atoms with E-state index in [0.29, 0.717) is 0 Å². The zero-order chi connectivity index (χ0) is 14.3. The van der Waals surface area contributed by atoms with Crippen LogP contribution in [0.1, 0.15) is 26.7 Å². The monoisotopic (exact) mass is 261 g/mol. The molecule has 0 aromatic carbocycles. The van der Waals surface area contributed by atoms with Crippen molar-refractivity contribution >= 4 is 17.9 Å². The summed E-state index contributed by atoms with van der Waals surface area (Å²) in [6, 6.07) is -1.04. The van der Waals surface area contributed by atoms with E-state index in [9.17, 15) is 19.5 Å². The SMILES string of the molecule is CC(CC(N)=O)NC(=O)NCC(C)(O)CC(=O)O. The zero-order valence-electron chi connectivity index (χ0n) is 10.4. The molecular weight excluding hydrogens is 242 g/mol. The van der Waals surface area contributed by atoms with Crippen LogP contribution in [-0.4, -0.2) is 46.3 Å². The molecule has 2 unspecified atom stereocenters.